The first-order chi connectivity index (χ1) is 14.5. The number of aromatic nitrogens is 4. The second-order valence-electron chi connectivity index (χ2n) is 6.56. The van der Waals surface area contributed by atoms with Gasteiger partial charge >= 0.3 is 0 Å². The highest BCUT2D eigenvalue weighted by atomic mass is 35.5. The summed E-state index contributed by atoms with van der Waals surface area (Å²) in [4.78, 5) is 25.5. The smallest absolute Gasteiger partial charge is 0.252 e. The Kier molecular flexibility index (Phi) is 5.82. The summed E-state index contributed by atoms with van der Waals surface area (Å²) in [5.41, 5.74) is 13.4. The molecule has 30 heavy (non-hydrogen) atoms. The number of aliphatic imine (C=N–C) groups is 1. The molecule has 4 rings (SSSR count). The van der Waals surface area contributed by atoms with Crippen molar-refractivity contribution in [3.8, 4) is 11.3 Å². The number of nitrogens with two attached hydrogens (primary N) is 2. The zero-order chi connectivity index (χ0) is 21.1. The second-order valence-corrected chi connectivity index (χ2v) is 7.34. The van der Waals surface area contributed by atoms with E-state index in [-0.39, 0.29) is 0 Å². The van der Waals surface area contributed by atoms with Crippen molar-refractivity contribution in [1.82, 2.24) is 24.8 Å². The molecular formula is C19H19Cl2N9. The summed E-state index contributed by atoms with van der Waals surface area (Å²) in [6.07, 6.45) is 4.94. The molecule has 11 heteroatoms. The van der Waals surface area contributed by atoms with E-state index >= 15 is 0 Å². The van der Waals surface area contributed by atoms with Crippen molar-refractivity contribution in [3.63, 3.8) is 0 Å². The maximum absolute atomic E-state index is 6.29. The Hall–Kier alpha value is -3.17. The molecule has 2 aromatic heterocycles. The summed E-state index contributed by atoms with van der Waals surface area (Å²) in [7, 11) is 0. The minimum atomic E-state index is 0.293. The standard InChI is InChI=1S/C19H19Cl2N9/c20-13-4-1-3-12(15(13)21)16-17(22)27-14(11-26-16)29-7-9-30(10-8-29)18(23)28-19-24-5-2-6-25-19/h1-6,11H,7-10H2,(H2,22,27)(H2,23,24,25,28). The van der Waals surface area contributed by atoms with E-state index in [9.17, 15) is 0 Å². The van der Waals surface area contributed by atoms with Gasteiger partial charge in [0.1, 0.15) is 11.5 Å². The Balaban J connectivity index is 1.46. The van der Waals surface area contributed by atoms with Crippen molar-refractivity contribution >= 4 is 46.7 Å². The zero-order valence-electron chi connectivity index (χ0n) is 15.9. The van der Waals surface area contributed by atoms with Crippen LogP contribution in [0.4, 0.5) is 17.6 Å². The third-order valence-corrected chi connectivity index (χ3v) is 5.51. The monoisotopic (exact) mass is 443 g/mol. The molecule has 0 radical (unpaired) electrons. The molecule has 0 unspecified atom stereocenters. The van der Waals surface area contributed by atoms with Crippen LogP contribution < -0.4 is 16.4 Å². The minimum Gasteiger partial charge on any atom is -0.382 e. The molecule has 3 aromatic rings. The zero-order valence-corrected chi connectivity index (χ0v) is 17.4. The minimum absolute atomic E-state index is 0.293. The quantitative estimate of drug-likeness (QED) is 0.467. The van der Waals surface area contributed by atoms with Gasteiger partial charge in [-0.25, -0.2) is 19.9 Å². The normalized spacial score (nSPS) is 14.8. The number of hydrogen-bond donors (Lipinski definition) is 2. The van der Waals surface area contributed by atoms with Crippen molar-refractivity contribution < 1.29 is 0 Å². The molecule has 154 valence electrons. The van der Waals surface area contributed by atoms with Crippen LogP contribution in [0.1, 0.15) is 0 Å². The lowest BCUT2D eigenvalue weighted by atomic mass is 10.1. The van der Waals surface area contributed by atoms with Crippen LogP contribution in [0.3, 0.4) is 0 Å². The van der Waals surface area contributed by atoms with Gasteiger partial charge in [0.15, 0.2) is 11.8 Å². The molecule has 1 saturated heterocycles. The number of nitrogens with zero attached hydrogens (tertiary/aromatic N) is 7. The molecule has 0 spiro atoms. The molecule has 1 aromatic carbocycles. The predicted octanol–water partition coefficient (Wildman–Crippen LogP) is 2.59. The van der Waals surface area contributed by atoms with Crippen LogP contribution in [0.25, 0.3) is 11.3 Å². The van der Waals surface area contributed by atoms with Crippen molar-refractivity contribution in [3.05, 3.63) is 52.9 Å². The molecule has 0 aliphatic carbocycles. The summed E-state index contributed by atoms with van der Waals surface area (Å²) >= 11 is 12.4. The van der Waals surface area contributed by atoms with Crippen molar-refractivity contribution in [2.45, 2.75) is 0 Å². The third-order valence-electron chi connectivity index (χ3n) is 4.69. The van der Waals surface area contributed by atoms with Crippen molar-refractivity contribution in [2.75, 3.05) is 36.8 Å². The molecule has 1 aliphatic rings. The SMILES string of the molecule is N/C(=N\c1ncccn1)N1CCN(c2cnc(-c3cccc(Cl)c3Cl)c(N)n2)CC1. The first-order valence-electron chi connectivity index (χ1n) is 9.21. The van der Waals surface area contributed by atoms with E-state index in [0.29, 0.717) is 71.0 Å². The maximum Gasteiger partial charge on any atom is 0.252 e. The highest BCUT2D eigenvalue weighted by molar-refractivity contribution is 6.43. The fourth-order valence-corrected chi connectivity index (χ4v) is 3.52. The largest absolute Gasteiger partial charge is 0.382 e. The van der Waals surface area contributed by atoms with Crippen LogP contribution in [0.5, 0.6) is 0 Å². The van der Waals surface area contributed by atoms with Gasteiger partial charge in [-0.1, -0.05) is 35.3 Å². The number of halogens is 2. The average molecular weight is 444 g/mol. The molecule has 0 atom stereocenters. The van der Waals surface area contributed by atoms with Crippen molar-refractivity contribution in [1.29, 1.82) is 0 Å². The van der Waals surface area contributed by atoms with Gasteiger partial charge in [0, 0.05) is 44.1 Å². The molecule has 4 N–H and O–H groups in total. The van der Waals surface area contributed by atoms with Crippen LogP contribution in [-0.4, -0.2) is 57.0 Å². The number of benzene rings is 1. The molecular weight excluding hydrogens is 425 g/mol. The van der Waals surface area contributed by atoms with Crippen LogP contribution in [0.2, 0.25) is 10.0 Å². The molecule has 3 heterocycles. The number of anilines is 2. The fraction of sp³-hybridized carbons (Fsp3) is 0.211. The molecule has 0 saturated carbocycles. The molecule has 0 amide bonds. The van der Waals surface area contributed by atoms with Gasteiger partial charge < -0.3 is 21.3 Å². The Morgan fingerprint density at radius 2 is 1.73 bits per heavy atom. The maximum atomic E-state index is 6.29. The summed E-state index contributed by atoms with van der Waals surface area (Å²) in [6.45, 7) is 2.73. The Bertz CT molecular complexity index is 1070. The van der Waals surface area contributed by atoms with Gasteiger partial charge in [-0.15, -0.1) is 0 Å². The lowest BCUT2D eigenvalue weighted by molar-refractivity contribution is 0.380. The predicted molar refractivity (Wildman–Crippen MR) is 119 cm³/mol. The van der Waals surface area contributed by atoms with Gasteiger partial charge in [0.05, 0.1) is 16.2 Å². The Morgan fingerprint density at radius 3 is 2.43 bits per heavy atom. The van der Waals surface area contributed by atoms with E-state index in [1.807, 2.05) is 11.0 Å². The van der Waals surface area contributed by atoms with Crippen LogP contribution >= 0.6 is 23.2 Å². The average Bonchev–Trinajstić information content (AvgIpc) is 2.77. The van der Waals surface area contributed by atoms with Gasteiger partial charge in [0.2, 0.25) is 0 Å². The van der Waals surface area contributed by atoms with E-state index in [2.05, 4.69) is 29.8 Å². The second kappa shape index (κ2) is 8.68. The van der Waals surface area contributed by atoms with E-state index in [4.69, 9.17) is 34.7 Å². The number of piperazine rings is 1. The molecule has 9 nitrogen and oxygen atoms in total. The lowest BCUT2D eigenvalue weighted by Crippen LogP contribution is -2.51. The summed E-state index contributed by atoms with van der Waals surface area (Å²) in [6, 6.07) is 7.05. The van der Waals surface area contributed by atoms with E-state index < -0.39 is 0 Å². The number of rotatable bonds is 3. The number of hydrogen-bond acceptors (Lipinski definition) is 7. The molecule has 0 bridgehead atoms. The first kappa shape index (κ1) is 20.1. The van der Waals surface area contributed by atoms with Crippen LogP contribution in [-0.2, 0) is 0 Å². The van der Waals surface area contributed by atoms with E-state index in [1.54, 1.807) is 36.8 Å². The topological polar surface area (TPSA) is 122 Å². The molecule has 1 aliphatic heterocycles. The summed E-state index contributed by atoms with van der Waals surface area (Å²) < 4.78 is 0. The fourth-order valence-electron chi connectivity index (χ4n) is 3.13. The van der Waals surface area contributed by atoms with E-state index in [0.717, 1.165) is 0 Å². The lowest BCUT2D eigenvalue weighted by Gasteiger charge is -2.35. The highest BCUT2D eigenvalue weighted by Crippen LogP contribution is 2.35. The Labute approximate surface area is 183 Å². The Morgan fingerprint density at radius 1 is 1.00 bits per heavy atom. The van der Waals surface area contributed by atoms with Gasteiger partial charge in [-0.05, 0) is 12.1 Å². The van der Waals surface area contributed by atoms with Crippen molar-refractivity contribution in [2.24, 2.45) is 10.7 Å². The first-order valence-corrected chi connectivity index (χ1v) is 9.96. The van der Waals surface area contributed by atoms with Crippen LogP contribution in [0.15, 0.2) is 47.8 Å². The number of guanidine groups is 1. The summed E-state index contributed by atoms with van der Waals surface area (Å²) in [5, 5.41) is 0.842. The number of nitrogen functional groups attached to an aromatic ring is 1. The highest BCUT2D eigenvalue weighted by Gasteiger charge is 2.21. The van der Waals surface area contributed by atoms with Gasteiger partial charge in [-0.3, -0.25) is 0 Å². The van der Waals surface area contributed by atoms with Gasteiger partial charge in [-0.2, -0.15) is 4.99 Å². The molecule has 1 fully saturated rings. The van der Waals surface area contributed by atoms with Crippen LogP contribution in [0, 0.1) is 0 Å². The summed E-state index contributed by atoms with van der Waals surface area (Å²) in [5.74, 6) is 1.71. The van der Waals surface area contributed by atoms with Gasteiger partial charge in [0.25, 0.3) is 5.95 Å². The third kappa shape index (κ3) is 4.22. The van der Waals surface area contributed by atoms with E-state index in [1.165, 1.54) is 0 Å².